The number of hydrogen-bond acceptors (Lipinski definition) is 4. The number of non-ortho nitro benzene ring substituents is 1. The number of nitrogens with zero attached hydrogens (tertiary/aromatic N) is 3. The fourth-order valence-electron chi connectivity index (χ4n) is 4.29. The average molecular weight is 447 g/mol. The van der Waals surface area contributed by atoms with Gasteiger partial charge in [-0.25, -0.2) is 0 Å². The van der Waals surface area contributed by atoms with Gasteiger partial charge in [0.2, 0.25) is 0 Å². The van der Waals surface area contributed by atoms with Gasteiger partial charge in [-0.3, -0.25) is 24.8 Å². The second kappa shape index (κ2) is 9.11. The quantitative estimate of drug-likeness (QED) is 0.264. The minimum atomic E-state index is -0.408. The van der Waals surface area contributed by atoms with Crippen molar-refractivity contribution in [1.82, 2.24) is 0 Å². The number of nitro groups is 1. The summed E-state index contributed by atoms with van der Waals surface area (Å²) in [6, 6.07) is 32.7. The van der Waals surface area contributed by atoms with Gasteiger partial charge < -0.3 is 0 Å². The van der Waals surface area contributed by atoms with Crippen LogP contribution in [0.3, 0.4) is 0 Å². The highest BCUT2D eigenvalue weighted by atomic mass is 16.6. The predicted molar refractivity (Wildman–Crippen MR) is 133 cm³/mol. The molecule has 0 bridgehead atoms. The number of carbonyl (C=O) groups is 1. The molecule has 0 unspecified atom stereocenters. The third kappa shape index (κ3) is 4.09. The van der Waals surface area contributed by atoms with E-state index in [9.17, 15) is 14.9 Å². The summed E-state index contributed by atoms with van der Waals surface area (Å²) in [6.45, 7) is 0. The first-order valence-electron chi connectivity index (χ1n) is 11.0. The number of anilines is 1. The van der Waals surface area contributed by atoms with E-state index in [4.69, 9.17) is 4.99 Å². The van der Waals surface area contributed by atoms with Gasteiger partial charge in [-0.1, -0.05) is 72.8 Å². The van der Waals surface area contributed by atoms with E-state index < -0.39 is 4.92 Å². The van der Waals surface area contributed by atoms with Crippen LogP contribution >= 0.6 is 0 Å². The van der Waals surface area contributed by atoms with E-state index in [2.05, 4.69) is 0 Å². The van der Waals surface area contributed by atoms with Crippen molar-refractivity contribution in [3.63, 3.8) is 0 Å². The van der Waals surface area contributed by atoms with Gasteiger partial charge in [-0.2, -0.15) is 0 Å². The molecule has 0 N–H and O–H groups in total. The number of carbonyl (C=O) groups excluding carboxylic acids is 1. The molecule has 0 radical (unpaired) electrons. The monoisotopic (exact) mass is 447 g/mol. The van der Waals surface area contributed by atoms with Crippen LogP contribution in [0.5, 0.6) is 0 Å². The molecule has 1 heterocycles. The molecule has 1 amide bonds. The topological polar surface area (TPSA) is 75.8 Å². The van der Waals surface area contributed by atoms with Gasteiger partial charge in [0.05, 0.1) is 28.1 Å². The molecule has 6 heteroatoms. The molecule has 0 fully saturated rings. The van der Waals surface area contributed by atoms with E-state index in [1.807, 2.05) is 78.9 Å². The molecule has 0 spiro atoms. The maximum atomic E-state index is 13.9. The lowest BCUT2D eigenvalue weighted by Crippen LogP contribution is -2.35. The van der Waals surface area contributed by atoms with Gasteiger partial charge in [-0.15, -0.1) is 0 Å². The van der Waals surface area contributed by atoms with E-state index in [1.165, 1.54) is 12.1 Å². The second-order valence-electron chi connectivity index (χ2n) is 8.03. The molecule has 34 heavy (non-hydrogen) atoms. The van der Waals surface area contributed by atoms with Crippen molar-refractivity contribution in [3.8, 4) is 0 Å². The van der Waals surface area contributed by atoms with E-state index in [0.29, 0.717) is 34.6 Å². The van der Waals surface area contributed by atoms with Gasteiger partial charge >= 0.3 is 0 Å². The van der Waals surface area contributed by atoms with Crippen molar-refractivity contribution >= 4 is 28.7 Å². The lowest BCUT2D eigenvalue weighted by atomic mass is 9.95. The molecule has 4 aromatic rings. The first kappa shape index (κ1) is 21.3. The van der Waals surface area contributed by atoms with Crippen LogP contribution in [0.1, 0.15) is 33.9 Å². The summed E-state index contributed by atoms with van der Waals surface area (Å²) in [5.41, 5.74) is 4.24. The Morgan fingerprint density at radius 2 is 1.53 bits per heavy atom. The lowest BCUT2D eigenvalue weighted by molar-refractivity contribution is -0.384. The first-order valence-corrected chi connectivity index (χ1v) is 11.0. The maximum Gasteiger partial charge on any atom is 0.270 e. The molecular weight excluding hydrogens is 426 g/mol. The van der Waals surface area contributed by atoms with Crippen molar-refractivity contribution < 1.29 is 9.72 Å². The zero-order valence-electron chi connectivity index (χ0n) is 18.2. The highest BCUT2D eigenvalue weighted by Gasteiger charge is 2.33. The lowest BCUT2D eigenvalue weighted by Gasteiger charge is -2.31. The zero-order valence-corrected chi connectivity index (χ0v) is 18.2. The Labute approximate surface area is 197 Å². The van der Waals surface area contributed by atoms with Gasteiger partial charge in [0.25, 0.3) is 11.6 Å². The molecule has 1 aliphatic rings. The predicted octanol–water partition coefficient (Wildman–Crippen LogP) is 6.51. The Morgan fingerprint density at radius 1 is 0.853 bits per heavy atom. The van der Waals surface area contributed by atoms with Crippen molar-refractivity contribution in [2.75, 3.05) is 4.90 Å². The normalized spacial score (nSPS) is 15.1. The largest absolute Gasteiger partial charge is 0.298 e. The molecule has 6 nitrogen and oxygen atoms in total. The van der Waals surface area contributed by atoms with Gasteiger partial charge in [0.15, 0.2) is 0 Å². The van der Waals surface area contributed by atoms with E-state index >= 15 is 0 Å². The molecule has 0 aromatic heterocycles. The first-order chi connectivity index (χ1) is 16.6. The SMILES string of the molecule is O=C(c1ccccc1)N1c2ccccc2N=C(c2cccc([N+](=O)[O-])c2)C[C@H]1c1ccccc1. The molecule has 5 rings (SSSR count). The third-order valence-corrected chi connectivity index (χ3v) is 5.91. The Bertz CT molecular complexity index is 1380. The van der Waals surface area contributed by atoms with Gasteiger partial charge in [0, 0.05) is 29.7 Å². The average Bonchev–Trinajstić information content (AvgIpc) is 3.07. The minimum Gasteiger partial charge on any atom is -0.298 e. The smallest absolute Gasteiger partial charge is 0.270 e. The number of benzene rings is 4. The fraction of sp³-hybridized carbons (Fsp3) is 0.0714. The summed E-state index contributed by atoms with van der Waals surface area (Å²) in [4.78, 5) is 31.6. The highest BCUT2D eigenvalue weighted by molar-refractivity contribution is 6.11. The second-order valence-corrected chi connectivity index (χ2v) is 8.03. The molecular formula is C28H21N3O3. The number of aliphatic imine (C=N–C) groups is 1. The van der Waals surface area contributed by atoms with Crippen LogP contribution in [-0.4, -0.2) is 16.5 Å². The number of fused-ring (bicyclic) bond motifs is 1. The van der Waals surface area contributed by atoms with Crippen molar-refractivity contribution in [2.24, 2.45) is 4.99 Å². The number of nitro benzene ring substituents is 1. The summed E-state index contributed by atoms with van der Waals surface area (Å²) in [7, 11) is 0. The third-order valence-electron chi connectivity index (χ3n) is 5.91. The van der Waals surface area contributed by atoms with E-state index in [1.54, 1.807) is 23.1 Å². The Morgan fingerprint density at radius 3 is 2.26 bits per heavy atom. The molecule has 1 atom stereocenters. The fourth-order valence-corrected chi connectivity index (χ4v) is 4.29. The van der Waals surface area contributed by atoms with Crippen LogP contribution < -0.4 is 4.90 Å². The van der Waals surface area contributed by atoms with Gasteiger partial charge in [-0.05, 0) is 29.8 Å². The summed E-state index contributed by atoms with van der Waals surface area (Å²) < 4.78 is 0. The summed E-state index contributed by atoms with van der Waals surface area (Å²) in [5, 5.41) is 11.4. The number of hydrogen-bond donors (Lipinski definition) is 0. The Hall–Kier alpha value is -4.58. The van der Waals surface area contributed by atoms with Crippen molar-refractivity contribution in [1.29, 1.82) is 0 Å². The summed E-state index contributed by atoms with van der Waals surface area (Å²) >= 11 is 0. The Balaban J connectivity index is 1.70. The number of para-hydroxylation sites is 2. The minimum absolute atomic E-state index is 0.00575. The Kier molecular flexibility index (Phi) is 5.70. The van der Waals surface area contributed by atoms with Crippen LogP contribution in [-0.2, 0) is 0 Å². The molecule has 1 aliphatic heterocycles. The molecule has 0 saturated heterocycles. The molecule has 4 aromatic carbocycles. The summed E-state index contributed by atoms with van der Waals surface area (Å²) in [5.74, 6) is -0.127. The maximum absolute atomic E-state index is 13.9. The molecule has 166 valence electrons. The number of rotatable bonds is 4. The standard InChI is InChI=1S/C28H21N3O3/c32-28(21-12-5-2-6-13-21)30-26-17-8-7-16-24(26)29-25(19-27(30)20-10-3-1-4-11-20)22-14-9-15-23(18-22)31(33)34/h1-18,27H,19H2/t27-/m0/s1. The van der Waals surface area contributed by atoms with Crippen LogP contribution in [0, 0.1) is 10.1 Å². The van der Waals surface area contributed by atoms with Crippen LogP contribution in [0.25, 0.3) is 0 Å². The van der Waals surface area contributed by atoms with Gasteiger partial charge in [0.1, 0.15) is 0 Å². The van der Waals surface area contributed by atoms with Crippen LogP contribution in [0.15, 0.2) is 114 Å². The van der Waals surface area contributed by atoms with Crippen molar-refractivity contribution in [2.45, 2.75) is 12.5 Å². The van der Waals surface area contributed by atoms with E-state index in [-0.39, 0.29) is 17.6 Å². The van der Waals surface area contributed by atoms with Crippen LogP contribution in [0.2, 0.25) is 0 Å². The summed E-state index contributed by atoms with van der Waals surface area (Å²) in [6.07, 6.45) is 0.401. The van der Waals surface area contributed by atoms with Crippen LogP contribution in [0.4, 0.5) is 17.1 Å². The number of amides is 1. The van der Waals surface area contributed by atoms with Crippen molar-refractivity contribution in [3.05, 3.63) is 136 Å². The highest BCUT2D eigenvalue weighted by Crippen LogP contribution is 2.41. The molecule has 0 aliphatic carbocycles. The zero-order chi connectivity index (χ0) is 23.5. The van der Waals surface area contributed by atoms with E-state index in [0.717, 1.165) is 5.56 Å². The molecule has 0 saturated carbocycles.